The molecular formula is C16H9N4O10S2-. The maximum Gasteiger partial charge on any atom is 0.303 e. The zero-order valence-corrected chi connectivity index (χ0v) is 16.9. The molecule has 0 saturated heterocycles. The Balaban J connectivity index is 2.25. The summed E-state index contributed by atoms with van der Waals surface area (Å²) in [6.07, 6.45) is 0. The highest BCUT2D eigenvalue weighted by atomic mass is 32.2. The molecular weight excluding hydrogens is 472 g/mol. The van der Waals surface area contributed by atoms with E-state index in [0.29, 0.717) is 6.07 Å². The fourth-order valence-corrected chi connectivity index (χ4v) is 3.75. The maximum atomic E-state index is 11.8. The molecule has 0 aliphatic carbocycles. The molecule has 3 aromatic carbocycles. The lowest BCUT2D eigenvalue weighted by Gasteiger charge is -2.11. The number of nitro benzene ring substituents is 2. The predicted octanol–water partition coefficient (Wildman–Crippen LogP) is 3.26. The number of azo groups is 1. The average Bonchev–Trinajstić information content (AvgIpc) is 2.71. The molecule has 32 heavy (non-hydrogen) atoms. The molecule has 0 aliphatic rings. The Morgan fingerprint density at radius 3 is 2.22 bits per heavy atom. The van der Waals surface area contributed by atoms with Gasteiger partial charge >= 0.3 is 5.69 Å². The Labute approximate surface area is 180 Å². The van der Waals surface area contributed by atoms with Gasteiger partial charge in [-0.2, -0.15) is 8.42 Å². The molecule has 1 atom stereocenters. The van der Waals surface area contributed by atoms with Gasteiger partial charge in [0, 0.05) is 16.3 Å². The van der Waals surface area contributed by atoms with Crippen molar-refractivity contribution in [2.45, 2.75) is 9.79 Å². The normalized spacial score (nSPS) is 12.8. The summed E-state index contributed by atoms with van der Waals surface area (Å²) in [7, 11) is -5.02. The summed E-state index contributed by atoms with van der Waals surface area (Å²) in [5.41, 5.74) is -2.71. The minimum atomic E-state index is -5.02. The highest BCUT2D eigenvalue weighted by Gasteiger charge is 2.24. The number of hydrogen-bond donors (Lipinski definition) is 2. The van der Waals surface area contributed by atoms with E-state index in [9.17, 15) is 47.1 Å². The van der Waals surface area contributed by atoms with Crippen LogP contribution in [0.4, 0.5) is 22.7 Å². The third kappa shape index (κ3) is 4.42. The number of non-ortho nitro benzene ring substituents is 1. The Morgan fingerprint density at radius 2 is 1.66 bits per heavy atom. The number of fused-ring (bicyclic) bond motifs is 1. The second-order valence-electron chi connectivity index (χ2n) is 6.05. The number of phenolic OH excluding ortho intramolecular Hbond substituents is 1. The summed E-state index contributed by atoms with van der Waals surface area (Å²) >= 11 is -2.66. The highest BCUT2D eigenvalue weighted by Crippen LogP contribution is 2.42. The molecule has 3 rings (SSSR count). The third-order valence-corrected chi connectivity index (χ3v) is 5.62. The van der Waals surface area contributed by atoms with Crippen LogP contribution in [0.3, 0.4) is 0 Å². The van der Waals surface area contributed by atoms with E-state index in [0.717, 1.165) is 36.4 Å². The summed E-state index contributed by atoms with van der Waals surface area (Å²) < 4.78 is 55.4. The van der Waals surface area contributed by atoms with Crippen LogP contribution in [0.1, 0.15) is 0 Å². The van der Waals surface area contributed by atoms with E-state index in [4.69, 9.17) is 0 Å². The number of nitrogens with zero attached hydrogens (tertiary/aromatic N) is 4. The van der Waals surface area contributed by atoms with Gasteiger partial charge in [0.15, 0.2) is 11.4 Å². The summed E-state index contributed by atoms with van der Waals surface area (Å²) in [5.74, 6) is -0.813. The molecule has 1 unspecified atom stereocenters. The molecule has 0 amide bonds. The van der Waals surface area contributed by atoms with Crippen LogP contribution in [0.15, 0.2) is 62.5 Å². The van der Waals surface area contributed by atoms with E-state index in [1.807, 2.05) is 0 Å². The first-order valence-electron chi connectivity index (χ1n) is 8.11. The molecule has 16 heteroatoms. The third-order valence-electron chi connectivity index (χ3n) is 4.12. The lowest BCUT2D eigenvalue weighted by Crippen LogP contribution is -1.99. The van der Waals surface area contributed by atoms with Crippen molar-refractivity contribution in [3.05, 3.63) is 62.7 Å². The van der Waals surface area contributed by atoms with Gasteiger partial charge in [0.25, 0.3) is 15.8 Å². The molecule has 0 bridgehead atoms. The molecule has 0 heterocycles. The molecule has 166 valence electrons. The van der Waals surface area contributed by atoms with Crippen molar-refractivity contribution in [1.29, 1.82) is 0 Å². The molecule has 2 N–H and O–H groups in total. The van der Waals surface area contributed by atoms with Crippen LogP contribution in [0.25, 0.3) is 10.8 Å². The fraction of sp³-hybridized carbons (Fsp3) is 0. The van der Waals surface area contributed by atoms with E-state index < -0.39 is 64.4 Å². The van der Waals surface area contributed by atoms with Crippen LogP contribution < -0.4 is 0 Å². The number of phenols is 1. The average molecular weight is 481 g/mol. The van der Waals surface area contributed by atoms with Crippen molar-refractivity contribution in [3.63, 3.8) is 0 Å². The molecule has 0 aliphatic heterocycles. The van der Waals surface area contributed by atoms with Crippen LogP contribution in [0, 0.1) is 20.2 Å². The van der Waals surface area contributed by atoms with E-state index >= 15 is 0 Å². The Kier molecular flexibility index (Phi) is 5.95. The summed E-state index contributed by atoms with van der Waals surface area (Å²) in [6, 6.07) is 6.53. The first-order valence-corrected chi connectivity index (χ1v) is 10.6. The van der Waals surface area contributed by atoms with Gasteiger partial charge in [-0.1, -0.05) is 0 Å². The Morgan fingerprint density at radius 1 is 0.969 bits per heavy atom. The van der Waals surface area contributed by atoms with Crippen LogP contribution in [0.2, 0.25) is 0 Å². The lowest BCUT2D eigenvalue weighted by atomic mass is 10.1. The molecule has 0 fully saturated rings. The summed E-state index contributed by atoms with van der Waals surface area (Å²) in [4.78, 5) is 19.0. The first-order chi connectivity index (χ1) is 14.9. The molecule has 0 spiro atoms. The summed E-state index contributed by atoms with van der Waals surface area (Å²) in [5, 5.41) is 39.4. The number of nitro groups is 2. The van der Waals surface area contributed by atoms with Crippen molar-refractivity contribution in [3.8, 4) is 5.75 Å². The van der Waals surface area contributed by atoms with Gasteiger partial charge in [0.1, 0.15) is 10.6 Å². The Bertz CT molecular complexity index is 1450. The minimum Gasteiger partial charge on any atom is -0.768 e. The number of benzene rings is 3. The van der Waals surface area contributed by atoms with Gasteiger partial charge in [-0.25, -0.2) is 0 Å². The van der Waals surface area contributed by atoms with Gasteiger partial charge in [-0.05, 0) is 46.8 Å². The highest BCUT2D eigenvalue weighted by molar-refractivity contribution is 7.86. The van der Waals surface area contributed by atoms with Gasteiger partial charge in [-0.15, -0.1) is 10.2 Å². The van der Waals surface area contributed by atoms with Crippen LogP contribution in [-0.4, -0.2) is 36.7 Å². The monoisotopic (exact) mass is 481 g/mol. The lowest BCUT2D eigenvalue weighted by molar-refractivity contribution is -0.393. The van der Waals surface area contributed by atoms with Crippen molar-refractivity contribution in [2.24, 2.45) is 10.2 Å². The topological polar surface area (TPSA) is 226 Å². The SMILES string of the molecule is O=[N+]([O-])c1ccc(N=Nc2c(S(=O)(=O)O)cc3cc(S(=O)[O-])ccc3c2O)c([N+](=O)[O-])c1. The van der Waals surface area contributed by atoms with E-state index in [-0.39, 0.29) is 15.7 Å². The van der Waals surface area contributed by atoms with Gasteiger partial charge in [0.2, 0.25) is 0 Å². The number of rotatable bonds is 6. The Hall–Kier alpha value is -3.86. The van der Waals surface area contributed by atoms with Gasteiger partial charge in [0.05, 0.1) is 15.9 Å². The predicted molar refractivity (Wildman–Crippen MR) is 107 cm³/mol. The van der Waals surface area contributed by atoms with Crippen molar-refractivity contribution in [1.82, 2.24) is 0 Å². The molecule has 0 saturated carbocycles. The standard InChI is InChI=1S/C16H10N4O10S2/c21-16-11-3-2-10(31(26)27)5-8(11)6-14(32(28,29)30)15(16)18-17-12-4-1-9(19(22)23)7-13(12)20(24)25/h1-7,21H,(H,26,27)(H,28,29,30)/p-1. The maximum absolute atomic E-state index is 11.8. The van der Waals surface area contributed by atoms with Gasteiger partial charge in [-0.3, -0.25) is 29.0 Å². The van der Waals surface area contributed by atoms with Crippen LogP contribution in [-0.2, 0) is 21.2 Å². The zero-order valence-electron chi connectivity index (χ0n) is 15.3. The molecule has 3 aromatic rings. The second-order valence-corrected chi connectivity index (χ2v) is 8.38. The molecule has 0 aromatic heterocycles. The smallest absolute Gasteiger partial charge is 0.303 e. The number of aromatic hydroxyl groups is 1. The minimum absolute atomic E-state index is 0.0567. The fourth-order valence-electron chi connectivity index (χ4n) is 2.69. The largest absolute Gasteiger partial charge is 0.768 e. The first kappa shape index (κ1) is 22.8. The van der Waals surface area contributed by atoms with E-state index in [2.05, 4.69) is 10.2 Å². The van der Waals surface area contributed by atoms with Crippen molar-refractivity contribution >= 4 is 54.7 Å². The van der Waals surface area contributed by atoms with Gasteiger partial charge < -0.3 is 9.66 Å². The van der Waals surface area contributed by atoms with Crippen LogP contribution in [0.5, 0.6) is 5.75 Å². The number of hydrogen-bond acceptors (Lipinski definition) is 11. The molecule has 14 nitrogen and oxygen atoms in total. The van der Waals surface area contributed by atoms with Crippen LogP contribution >= 0.6 is 0 Å². The van der Waals surface area contributed by atoms with E-state index in [1.165, 1.54) is 0 Å². The molecule has 0 radical (unpaired) electrons. The summed E-state index contributed by atoms with van der Waals surface area (Å²) in [6.45, 7) is 0. The van der Waals surface area contributed by atoms with Crippen molar-refractivity contribution < 1.29 is 36.7 Å². The quantitative estimate of drug-likeness (QED) is 0.172. The zero-order chi connectivity index (χ0) is 23.8. The van der Waals surface area contributed by atoms with E-state index in [1.54, 1.807) is 0 Å². The second kappa shape index (κ2) is 8.35. The van der Waals surface area contributed by atoms with Crippen molar-refractivity contribution in [2.75, 3.05) is 0 Å².